The molecule has 0 radical (unpaired) electrons. The largest absolute Gasteiger partial charge is 0.483 e. The van der Waals surface area contributed by atoms with Gasteiger partial charge in [-0.2, -0.15) is 22.7 Å². The molecule has 12 heteroatoms. The Hall–Kier alpha value is -3.30. The second-order valence-corrected chi connectivity index (χ2v) is 8.68. The van der Waals surface area contributed by atoms with Gasteiger partial charge >= 0.3 is 6.18 Å². The molecule has 0 unspecified atom stereocenters. The van der Waals surface area contributed by atoms with Crippen LogP contribution in [-0.2, 0) is 14.8 Å². The first-order chi connectivity index (χ1) is 15.5. The third-order valence-electron chi connectivity index (χ3n) is 4.41. The number of hydrogen-bond donors (Lipinski definition) is 2. The van der Waals surface area contributed by atoms with Crippen LogP contribution in [0.15, 0.2) is 47.4 Å². The van der Waals surface area contributed by atoms with E-state index in [0.29, 0.717) is 18.8 Å². The Balaban J connectivity index is 2.03. The van der Waals surface area contributed by atoms with Crippen molar-refractivity contribution in [2.24, 2.45) is 0 Å². The molecule has 0 bridgehead atoms. The highest BCUT2D eigenvalue weighted by Gasteiger charge is 2.29. The van der Waals surface area contributed by atoms with Gasteiger partial charge in [-0.15, -0.1) is 0 Å². The molecule has 0 aliphatic carbocycles. The number of ether oxygens (including phenoxy) is 1. The third kappa shape index (κ3) is 7.37. The van der Waals surface area contributed by atoms with Crippen LogP contribution in [0, 0.1) is 11.3 Å². The zero-order valence-corrected chi connectivity index (χ0v) is 18.8. The van der Waals surface area contributed by atoms with Gasteiger partial charge in [0.15, 0.2) is 6.61 Å². The van der Waals surface area contributed by atoms with Crippen molar-refractivity contribution in [3.8, 4) is 11.8 Å². The molecule has 0 aliphatic rings. The molecule has 2 N–H and O–H groups in total. The Morgan fingerprint density at radius 2 is 1.82 bits per heavy atom. The van der Waals surface area contributed by atoms with Crippen LogP contribution in [0.25, 0.3) is 0 Å². The van der Waals surface area contributed by atoms with Crippen LogP contribution in [0.5, 0.6) is 5.75 Å². The number of benzene rings is 2. The Morgan fingerprint density at radius 3 is 2.42 bits per heavy atom. The van der Waals surface area contributed by atoms with E-state index in [1.165, 1.54) is 40.7 Å². The minimum absolute atomic E-state index is 0.0464. The average Bonchev–Trinajstić information content (AvgIpc) is 2.76. The number of amides is 1. The van der Waals surface area contributed by atoms with Gasteiger partial charge < -0.3 is 15.4 Å². The van der Waals surface area contributed by atoms with Crippen molar-refractivity contribution in [2.45, 2.75) is 24.9 Å². The van der Waals surface area contributed by atoms with Gasteiger partial charge in [-0.1, -0.05) is 19.9 Å². The summed E-state index contributed by atoms with van der Waals surface area (Å²) < 4.78 is 68.1. The van der Waals surface area contributed by atoms with Crippen LogP contribution in [-0.4, -0.2) is 51.0 Å². The average molecular weight is 485 g/mol. The zero-order chi connectivity index (χ0) is 24.6. The number of carbonyl (C=O) groups is 1. The molecule has 0 saturated carbocycles. The standard InChI is InChI=1S/C21H23F3N4O4S/c1-3-28(4-2)33(30,31)18-7-5-6-17(11-18)27-20(29)13-26-16-8-9-19(15(10-16)12-25)32-14-21(22,23)24/h5-11,26H,3-4,13-14H2,1-2H3,(H,27,29). The summed E-state index contributed by atoms with van der Waals surface area (Å²) in [5, 5.41) is 14.5. The van der Waals surface area contributed by atoms with Gasteiger partial charge in [0, 0.05) is 24.5 Å². The summed E-state index contributed by atoms with van der Waals surface area (Å²) in [6.07, 6.45) is -4.54. The predicted molar refractivity (Wildman–Crippen MR) is 116 cm³/mol. The van der Waals surface area contributed by atoms with Gasteiger partial charge in [-0.05, 0) is 36.4 Å². The highest BCUT2D eigenvalue weighted by molar-refractivity contribution is 7.89. The van der Waals surface area contributed by atoms with Crippen LogP contribution in [0.3, 0.4) is 0 Å². The van der Waals surface area contributed by atoms with Crippen LogP contribution in [0.4, 0.5) is 24.5 Å². The fourth-order valence-electron chi connectivity index (χ4n) is 2.85. The topological polar surface area (TPSA) is 112 Å². The van der Waals surface area contributed by atoms with Gasteiger partial charge in [0.05, 0.1) is 17.0 Å². The van der Waals surface area contributed by atoms with Crippen LogP contribution in [0.2, 0.25) is 0 Å². The summed E-state index contributed by atoms with van der Waals surface area (Å²) in [5.41, 5.74) is 0.474. The van der Waals surface area contributed by atoms with Crippen molar-refractivity contribution in [3.05, 3.63) is 48.0 Å². The molecule has 178 valence electrons. The van der Waals surface area contributed by atoms with E-state index in [0.717, 1.165) is 0 Å². The number of nitriles is 1. The summed E-state index contributed by atoms with van der Waals surface area (Å²) in [5.74, 6) is -0.723. The second-order valence-electron chi connectivity index (χ2n) is 6.75. The van der Waals surface area contributed by atoms with Crippen LogP contribution < -0.4 is 15.4 Å². The normalized spacial score (nSPS) is 11.7. The molecule has 2 aromatic carbocycles. The fraction of sp³-hybridized carbons (Fsp3) is 0.333. The summed E-state index contributed by atoms with van der Waals surface area (Å²) >= 11 is 0. The van der Waals surface area contributed by atoms with E-state index in [4.69, 9.17) is 5.26 Å². The quantitative estimate of drug-likeness (QED) is 0.533. The molecule has 0 atom stereocenters. The second kappa shape index (κ2) is 11.0. The predicted octanol–water partition coefficient (Wildman–Crippen LogP) is 3.58. The number of alkyl halides is 3. The molecule has 0 aliphatic heterocycles. The van der Waals surface area contributed by atoms with E-state index in [-0.39, 0.29) is 28.4 Å². The third-order valence-corrected chi connectivity index (χ3v) is 6.45. The number of hydrogen-bond acceptors (Lipinski definition) is 6. The lowest BCUT2D eigenvalue weighted by atomic mass is 10.2. The maximum Gasteiger partial charge on any atom is 0.422 e. The number of halogens is 3. The monoisotopic (exact) mass is 484 g/mol. The van der Waals surface area contributed by atoms with E-state index >= 15 is 0 Å². The van der Waals surface area contributed by atoms with Crippen molar-refractivity contribution < 1.29 is 31.1 Å². The fourth-order valence-corrected chi connectivity index (χ4v) is 4.35. The molecule has 33 heavy (non-hydrogen) atoms. The molecule has 1 amide bonds. The van der Waals surface area contributed by atoms with E-state index in [2.05, 4.69) is 15.4 Å². The zero-order valence-electron chi connectivity index (χ0n) is 17.9. The minimum atomic E-state index is -4.54. The number of carbonyl (C=O) groups excluding carboxylic acids is 1. The number of nitrogens with zero attached hydrogens (tertiary/aromatic N) is 2. The molecule has 0 fully saturated rings. The van der Waals surface area contributed by atoms with Crippen molar-refractivity contribution in [3.63, 3.8) is 0 Å². The van der Waals surface area contributed by atoms with Gasteiger partial charge in [0.2, 0.25) is 15.9 Å². The number of sulfonamides is 1. The summed E-state index contributed by atoms with van der Waals surface area (Å²) in [6.45, 7) is 2.31. The van der Waals surface area contributed by atoms with Crippen molar-refractivity contribution in [2.75, 3.05) is 36.9 Å². The summed E-state index contributed by atoms with van der Waals surface area (Å²) in [4.78, 5) is 12.3. The summed E-state index contributed by atoms with van der Waals surface area (Å²) in [6, 6.07) is 11.4. The maximum atomic E-state index is 12.6. The van der Waals surface area contributed by atoms with E-state index in [1.54, 1.807) is 26.0 Å². The number of nitrogens with one attached hydrogen (secondary N) is 2. The van der Waals surface area contributed by atoms with E-state index in [1.807, 2.05) is 0 Å². The molecule has 0 aromatic heterocycles. The Bertz CT molecular complexity index is 1130. The lowest BCUT2D eigenvalue weighted by Gasteiger charge is -2.19. The van der Waals surface area contributed by atoms with Gasteiger partial charge in [-0.3, -0.25) is 4.79 Å². The van der Waals surface area contributed by atoms with E-state index < -0.39 is 28.7 Å². The molecule has 0 heterocycles. The van der Waals surface area contributed by atoms with E-state index in [9.17, 15) is 26.4 Å². The first-order valence-corrected chi connectivity index (χ1v) is 11.3. The first-order valence-electron chi connectivity index (χ1n) is 9.87. The SMILES string of the molecule is CCN(CC)S(=O)(=O)c1cccc(NC(=O)CNc2ccc(OCC(F)(F)F)c(C#N)c2)c1. The minimum Gasteiger partial charge on any atom is -0.483 e. The van der Waals surface area contributed by atoms with Crippen molar-refractivity contribution in [1.29, 1.82) is 5.26 Å². The first kappa shape index (κ1) is 26.0. The van der Waals surface area contributed by atoms with Gasteiger partial charge in [0.25, 0.3) is 0 Å². The Kier molecular flexibility index (Phi) is 8.67. The number of rotatable bonds is 10. The van der Waals surface area contributed by atoms with Crippen molar-refractivity contribution in [1.82, 2.24) is 4.31 Å². The van der Waals surface area contributed by atoms with Gasteiger partial charge in [-0.25, -0.2) is 8.42 Å². The highest BCUT2D eigenvalue weighted by atomic mass is 32.2. The maximum absolute atomic E-state index is 12.6. The molecular formula is C21H23F3N4O4S. The van der Waals surface area contributed by atoms with Gasteiger partial charge in [0.1, 0.15) is 11.8 Å². The lowest BCUT2D eigenvalue weighted by molar-refractivity contribution is -0.153. The van der Waals surface area contributed by atoms with Crippen LogP contribution >= 0.6 is 0 Å². The highest BCUT2D eigenvalue weighted by Crippen LogP contribution is 2.25. The summed E-state index contributed by atoms with van der Waals surface area (Å²) in [7, 11) is -3.69. The molecule has 2 aromatic rings. The smallest absolute Gasteiger partial charge is 0.422 e. The molecule has 0 saturated heterocycles. The molecule has 8 nitrogen and oxygen atoms in total. The van der Waals surface area contributed by atoms with Crippen LogP contribution in [0.1, 0.15) is 19.4 Å². The Labute approximate surface area is 190 Å². The molecule has 2 rings (SSSR count). The van der Waals surface area contributed by atoms with Crippen molar-refractivity contribution >= 4 is 27.3 Å². The molecular weight excluding hydrogens is 461 g/mol. The molecule has 0 spiro atoms. The number of anilines is 2. The lowest BCUT2D eigenvalue weighted by Crippen LogP contribution is -2.30. The Morgan fingerprint density at radius 1 is 1.12 bits per heavy atom.